The number of hydrogen-bond acceptors (Lipinski definition) is 1. The SMILES string of the molecule is N#CC=CC(C=Cc1ccccc1)=Cc1ccccc1. The van der Waals surface area contributed by atoms with E-state index < -0.39 is 0 Å². The predicted molar refractivity (Wildman–Crippen MR) is 84.6 cm³/mol. The zero-order chi connectivity index (χ0) is 14.0. The molecule has 20 heavy (non-hydrogen) atoms. The van der Waals surface area contributed by atoms with Crippen LogP contribution in [0.15, 0.2) is 84.5 Å². The molecule has 0 radical (unpaired) electrons. The van der Waals surface area contributed by atoms with Gasteiger partial charge in [-0.2, -0.15) is 5.26 Å². The van der Waals surface area contributed by atoms with Crippen molar-refractivity contribution in [3.05, 3.63) is 95.6 Å². The van der Waals surface area contributed by atoms with Crippen molar-refractivity contribution in [3.8, 4) is 6.07 Å². The fourth-order valence-electron chi connectivity index (χ4n) is 1.78. The van der Waals surface area contributed by atoms with Crippen LogP contribution in [-0.4, -0.2) is 0 Å². The lowest BCUT2D eigenvalue weighted by Gasteiger charge is -1.97. The average Bonchev–Trinajstić information content (AvgIpc) is 2.52. The van der Waals surface area contributed by atoms with Crippen molar-refractivity contribution in [2.24, 2.45) is 0 Å². The third-order valence-electron chi connectivity index (χ3n) is 2.75. The van der Waals surface area contributed by atoms with Gasteiger partial charge in [0.05, 0.1) is 6.07 Å². The summed E-state index contributed by atoms with van der Waals surface area (Å²) in [6, 6.07) is 22.2. The largest absolute Gasteiger partial charge is 0.193 e. The Labute approximate surface area is 119 Å². The smallest absolute Gasteiger partial charge is 0.0912 e. The molecular weight excluding hydrogens is 242 g/mol. The summed E-state index contributed by atoms with van der Waals surface area (Å²) in [6.45, 7) is 0. The van der Waals surface area contributed by atoms with Gasteiger partial charge in [0, 0.05) is 6.08 Å². The Hall–Kier alpha value is -2.85. The van der Waals surface area contributed by atoms with Crippen LogP contribution >= 0.6 is 0 Å². The average molecular weight is 257 g/mol. The van der Waals surface area contributed by atoms with E-state index in [1.54, 1.807) is 0 Å². The maximum atomic E-state index is 8.68. The fourth-order valence-corrected chi connectivity index (χ4v) is 1.78. The van der Waals surface area contributed by atoms with Crippen molar-refractivity contribution in [1.29, 1.82) is 5.26 Å². The third kappa shape index (κ3) is 4.44. The molecule has 1 nitrogen and oxygen atoms in total. The van der Waals surface area contributed by atoms with Gasteiger partial charge in [-0.15, -0.1) is 0 Å². The first kappa shape index (κ1) is 13.6. The molecule has 0 unspecified atom stereocenters. The summed E-state index contributed by atoms with van der Waals surface area (Å²) in [6.07, 6.45) is 9.40. The van der Waals surface area contributed by atoms with Gasteiger partial charge in [-0.1, -0.05) is 72.8 Å². The molecule has 0 heterocycles. The van der Waals surface area contributed by atoms with Gasteiger partial charge >= 0.3 is 0 Å². The van der Waals surface area contributed by atoms with Crippen molar-refractivity contribution in [1.82, 2.24) is 0 Å². The van der Waals surface area contributed by atoms with Gasteiger partial charge in [0.15, 0.2) is 0 Å². The molecule has 0 N–H and O–H groups in total. The topological polar surface area (TPSA) is 23.8 Å². The van der Waals surface area contributed by atoms with Crippen LogP contribution < -0.4 is 0 Å². The molecule has 0 atom stereocenters. The summed E-state index contributed by atoms with van der Waals surface area (Å²) in [5.74, 6) is 0. The second-order valence-electron chi connectivity index (χ2n) is 4.26. The summed E-state index contributed by atoms with van der Waals surface area (Å²) < 4.78 is 0. The van der Waals surface area contributed by atoms with E-state index in [1.807, 2.05) is 91.0 Å². The molecule has 2 aromatic carbocycles. The first-order chi connectivity index (χ1) is 9.88. The van der Waals surface area contributed by atoms with E-state index in [2.05, 4.69) is 0 Å². The zero-order valence-corrected chi connectivity index (χ0v) is 11.1. The van der Waals surface area contributed by atoms with Crippen LogP contribution in [0.5, 0.6) is 0 Å². The second kappa shape index (κ2) is 7.56. The Morgan fingerprint density at radius 2 is 1.40 bits per heavy atom. The van der Waals surface area contributed by atoms with Crippen LogP contribution in [0.2, 0.25) is 0 Å². The van der Waals surface area contributed by atoms with Crippen LogP contribution in [0.25, 0.3) is 12.2 Å². The summed E-state index contributed by atoms with van der Waals surface area (Å²) in [5.41, 5.74) is 3.24. The number of nitrogens with zero attached hydrogens (tertiary/aromatic N) is 1. The van der Waals surface area contributed by atoms with Crippen LogP contribution in [0.4, 0.5) is 0 Å². The van der Waals surface area contributed by atoms with Gasteiger partial charge in [-0.25, -0.2) is 0 Å². The van der Waals surface area contributed by atoms with Crippen LogP contribution in [0.1, 0.15) is 11.1 Å². The molecule has 0 bridgehead atoms. The van der Waals surface area contributed by atoms with Crippen LogP contribution in [0.3, 0.4) is 0 Å². The zero-order valence-electron chi connectivity index (χ0n) is 11.1. The highest BCUT2D eigenvalue weighted by molar-refractivity contribution is 5.64. The summed E-state index contributed by atoms with van der Waals surface area (Å²) in [7, 11) is 0. The molecule has 1 heteroatoms. The minimum atomic E-state index is 0.988. The fraction of sp³-hybridized carbons (Fsp3) is 0. The summed E-state index contributed by atoms with van der Waals surface area (Å²) in [4.78, 5) is 0. The molecule has 0 aliphatic carbocycles. The van der Waals surface area contributed by atoms with Gasteiger partial charge in [0.25, 0.3) is 0 Å². The minimum Gasteiger partial charge on any atom is -0.193 e. The highest BCUT2D eigenvalue weighted by Crippen LogP contribution is 2.11. The van der Waals surface area contributed by atoms with Crippen molar-refractivity contribution in [3.63, 3.8) is 0 Å². The van der Waals surface area contributed by atoms with E-state index in [0.717, 1.165) is 16.7 Å². The summed E-state index contributed by atoms with van der Waals surface area (Å²) in [5, 5.41) is 8.68. The number of hydrogen-bond donors (Lipinski definition) is 0. The Morgan fingerprint density at radius 1 is 0.800 bits per heavy atom. The van der Waals surface area contributed by atoms with E-state index >= 15 is 0 Å². The molecular formula is C19H15N. The molecule has 0 aliphatic rings. The van der Waals surface area contributed by atoms with Gasteiger partial charge in [0.2, 0.25) is 0 Å². The molecule has 2 aromatic rings. The van der Waals surface area contributed by atoms with E-state index in [9.17, 15) is 0 Å². The van der Waals surface area contributed by atoms with E-state index in [1.165, 1.54) is 6.08 Å². The van der Waals surface area contributed by atoms with Crippen LogP contribution in [-0.2, 0) is 0 Å². The maximum absolute atomic E-state index is 8.68. The number of benzene rings is 2. The molecule has 0 aliphatic heterocycles. The normalized spacial score (nSPS) is 11.8. The molecule has 96 valence electrons. The number of allylic oxidation sites excluding steroid dienone is 4. The van der Waals surface area contributed by atoms with Crippen molar-refractivity contribution >= 4 is 12.2 Å². The number of rotatable bonds is 4. The molecule has 0 fully saturated rings. The van der Waals surface area contributed by atoms with Crippen molar-refractivity contribution < 1.29 is 0 Å². The summed E-state index contributed by atoms with van der Waals surface area (Å²) >= 11 is 0. The van der Waals surface area contributed by atoms with Gasteiger partial charge < -0.3 is 0 Å². The maximum Gasteiger partial charge on any atom is 0.0912 e. The van der Waals surface area contributed by atoms with Gasteiger partial charge in [0.1, 0.15) is 0 Å². The Balaban J connectivity index is 2.25. The molecule has 0 saturated heterocycles. The standard InChI is InChI=1S/C19H15N/c20-15-7-12-19(16-18-10-5-2-6-11-18)14-13-17-8-3-1-4-9-17/h1-14,16H. The van der Waals surface area contributed by atoms with Gasteiger partial charge in [-0.05, 0) is 28.9 Å². The monoisotopic (exact) mass is 257 g/mol. The highest BCUT2D eigenvalue weighted by atomic mass is 14.2. The van der Waals surface area contributed by atoms with Crippen LogP contribution in [0, 0.1) is 11.3 Å². The minimum absolute atomic E-state index is 0.988. The molecule has 0 spiro atoms. The lowest BCUT2D eigenvalue weighted by molar-refractivity contribution is 1.53. The first-order valence-electron chi connectivity index (χ1n) is 6.44. The van der Waals surface area contributed by atoms with Crippen molar-refractivity contribution in [2.75, 3.05) is 0 Å². The van der Waals surface area contributed by atoms with E-state index in [-0.39, 0.29) is 0 Å². The quantitative estimate of drug-likeness (QED) is 0.566. The molecule has 0 aromatic heterocycles. The van der Waals surface area contributed by atoms with Crippen molar-refractivity contribution in [2.45, 2.75) is 0 Å². The lowest BCUT2D eigenvalue weighted by Crippen LogP contribution is -1.76. The first-order valence-corrected chi connectivity index (χ1v) is 6.44. The van der Waals surface area contributed by atoms with E-state index in [0.29, 0.717) is 0 Å². The Kier molecular flexibility index (Phi) is 5.13. The third-order valence-corrected chi connectivity index (χ3v) is 2.75. The molecule has 2 rings (SSSR count). The number of nitriles is 1. The molecule has 0 amide bonds. The van der Waals surface area contributed by atoms with Gasteiger partial charge in [-0.3, -0.25) is 0 Å². The highest BCUT2D eigenvalue weighted by Gasteiger charge is 1.90. The second-order valence-corrected chi connectivity index (χ2v) is 4.26. The predicted octanol–water partition coefficient (Wildman–Crippen LogP) is 4.86. The van der Waals surface area contributed by atoms with E-state index in [4.69, 9.17) is 5.26 Å². The lowest BCUT2D eigenvalue weighted by atomic mass is 10.1. The Morgan fingerprint density at radius 3 is 2.00 bits per heavy atom. The molecule has 0 saturated carbocycles. The Bertz CT molecular complexity index is 656.